The average Bonchev–Trinajstić information content (AvgIpc) is 2.51. The van der Waals surface area contributed by atoms with E-state index in [0.29, 0.717) is 18.5 Å². The molecule has 1 amide bonds. The second kappa shape index (κ2) is 6.22. The molecule has 86 valence electrons. The third kappa shape index (κ3) is 4.14. The summed E-state index contributed by atoms with van der Waals surface area (Å²) in [6.07, 6.45) is 1.53. The van der Waals surface area contributed by atoms with Gasteiger partial charge in [0.15, 0.2) is 0 Å². The van der Waals surface area contributed by atoms with E-state index in [4.69, 9.17) is 4.74 Å². The van der Waals surface area contributed by atoms with Crippen molar-refractivity contribution in [2.75, 3.05) is 19.7 Å². The zero-order valence-electron chi connectivity index (χ0n) is 8.41. The zero-order valence-corrected chi connectivity index (χ0v) is 8.41. The van der Waals surface area contributed by atoms with Crippen molar-refractivity contribution < 1.29 is 14.3 Å². The van der Waals surface area contributed by atoms with Crippen LogP contribution >= 0.6 is 0 Å². The van der Waals surface area contributed by atoms with E-state index in [0.717, 1.165) is 13.0 Å². The first kappa shape index (κ1) is 13.7. The Morgan fingerprint density at radius 2 is 2.27 bits per heavy atom. The number of hydrogen-bond donors (Lipinski definition) is 0. The second-order valence-electron chi connectivity index (χ2n) is 3.40. The Morgan fingerprint density at radius 1 is 1.60 bits per heavy atom. The summed E-state index contributed by atoms with van der Waals surface area (Å²) in [4.78, 5) is 23.8. The molecule has 0 aromatic rings. The van der Waals surface area contributed by atoms with Gasteiger partial charge in [-0.15, -0.1) is 0 Å². The van der Waals surface area contributed by atoms with Gasteiger partial charge in [-0.05, 0) is 13.3 Å². The molecule has 0 aromatic heterocycles. The van der Waals surface area contributed by atoms with Crippen LogP contribution in [0.3, 0.4) is 0 Å². The smallest absolute Gasteiger partial charge is 0.333 e. The SMILES string of the molecule is C.C=C(C)C(=O)OCCN1CCCC1=O. The molecule has 1 aliphatic rings. The molecule has 1 heterocycles. The number of rotatable bonds is 4. The lowest BCUT2D eigenvalue weighted by Gasteiger charge is -2.14. The van der Waals surface area contributed by atoms with Gasteiger partial charge in [0, 0.05) is 18.5 Å². The molecule has 0 N–H and O–H groups in total. The molecular weight excluding hydrogens is 194 g/mol. The maximum Gasteiger partial charge on any atom is 0.333 e. The third-order valence-electron chi connectivity index (χ3n) is 2.11. The lowest BCUT2D eigenvalue weighted by molar-refractivity contribution is -0.141. The zero-order chi connectivity index (χ0) is 10.6. The van der Waals surface area contributed by atoms with Gasteiger partial charge < -0.3 is 9.64 Å². The largest absolute Gasteiger partial charge is 0.460 e. The van der Waals surface area contributed by atoms with Crippen LogP contribution in [0.5, 0.6) is 0 Å². The minimum absolute atomic E-state index is 0. The molecule has 1 rings (SSSR count). The number of carbonyl (C=O) groups excluding carboxylic acids is 2. The Kier molecular flexibility index (Phi) is 5.67. The van der Waals surface area contributed by atoms with Crippen LogP contribution < -0.4 is 0 Å². The van der Waals surface area contributed by atoms with E-state index in [1.165, 1.54) is 0 Å². The molecule has 1 saturated heterocycles. The third-order valence-corrected chi connectivity index (χ3v) is 2.11. The Hall–Kier alpha value is -1.32. The summed E-state index contributed by atoms with van der Waals surface area (Å²) < 4.78 is 4.88. The van der Waals surface area contributed by atoms with Gasteiger partial charge in [0.25, 0.3) is 0 Å². The second-order valence-corrected chi connectivity index (χ2v) is 3.40. The van der Waals surface area contributed by atoms with Crippen molar-refractivity contribution in [1.29, 1.82) is 0 Å². The standard InChI is InChI=1S/C10H15NO3.CH4/c1-8(2)10(13)14-7-6-11-5-3-4-9(11)12;/h1,3-7H2,2H3;1H4. The summed E-state index contributed by atoms with van der Waals surface area (Å²) in [7, 11) is 0. The van der Waals surface area contributed by atoms with Crippen LogP contribution in [0.2, 0.25) is 0 Å². The number of nitrogens with zero attached hydrogens (tertiary/aromatic N) is 1. The molecule has 15 heavy (non-hydrogen) atoms. The van der Waals surface area contributed by atoms with E-state index in [2.05, 4.69) is 6.58 Å². The highest BCUT2D eigenvalue weighted by Gasteiger charge is 2.19. The molecule has 4 nitrogen and oxygen atoms in total. The normalized spacial score (nSPS) is 14.7. The molecule has 1 aliphatic heterocycles. The highest BCUT2D eigenvalue weighted by Crippen LogP contribution is 2.08. The molecule has 4 heteroatoms. The van der Waals surface area contributed by atoms with Crippen LogP contribution in [-0.4, -0.2) is 36.5 Å². The van der Waals surface area contributed by atoms with Crippen LogP contribution in [0, 0.1) is 0 Å². The van der Waals surface area contributed by atoms with Gasteiger partial charge in [0.05, 0.1) is 6.54 Å². The number of hydrogen-bond acceptors (Lipinski definition) is 3. The number of carbonyl (C=O) groups is 2. The molecular formula is C11H19NO3. The molecule has 0 aliphatic carbocycles. The summed E-state index contributed by atoms with van der Waals surface area (Å²) in [5.74, 6) is -0.243. The van der Waals surface area contributed by atoms with Gasteiger partial charge in [-0.25, -0.2) is 4.79 Å². The van der Waals surface area contributed by atoms with Crippen molar-refractivity contribution in [2.24, 2.45) is 0 Å². The summed E-state index contributed by atoms with van der Waals surface area (Å²) in [6, 6.07) is 0. The van der Waals surface area contributed by atoms with Gasteiger partial charge >= 0.3 is 5.97 Å². The van der Waals surface area contributed by atoms with E-state index < -0.39 is 5.97 Å². The van der Waals surface area contributed by atoms with Gasteiger partial charge in [0.2, 0.25) is 5.91 Å². The molecule has 0 bridgehead atoms. The van der Waals surface area contributed by atoms with E-state index in [1.807, 2.05) is 0 Å². The first-order valence-corrected chi connectivity index (χ1v) is 4.71. The van der Waals surface area contributed by atoms with Crippen LogP contribution in [0.1, 0.15) is 27.2 Å². The molecule has 0 spiro atoms. The van der Waals surface area contributed by atoms with Crippen molar-refractivity contribution in [3.05, 3.63) is 12.2 Å². The van der Waals surface area contributed by atoms with E-state index in [9.17, 15) is 9.59 Å². The quantitative estimate of drug-likeness (QED) is 0.523. The number of likely N-dealkylation sites (tertiary alicyclic amines) is 1. The van der Waals surface area contributed by atoms with Crippen LogP contribution in [0.15, 0.2) is 12.2 Å². The summed E-state index contributed by atoms with van der Waals surface area (Å²) in [5, 5.41) is 0. The summed E-state index contributed by atoms with van der Waals surface area (Å²) in [6.45, 7) is 6.61. The Labute approximate surface area is 90.9 Å². The Bertz CT molecular complexity index is 261. The molecule has 0 unspecified atom stereocenters. The highest BCUT2D eigenvalue weighted by atomic mass is 16.5. The van der Waals surface area contributed by atoms with Crippen molar-refractivity contribution in [3.63, 3.8) is 0 Å². The highest BCUT2D eigenvalue weighted by molar-refractivity contribution is 5.86. The first-order chi connectivity index (χ1) is 6.61. The summed E-state index contributed by atoms with van der Waals surface area (Å²) >= 11 is 0. The Morgan fingerprint density at radius 3 is 2.73 bits per heavy atom. The molecule has 1 fully saturated rings. The maximum absolute atomic E-state index is 11.2. The topological polar surface area (TPSA) is 46.6 Å². The summed E-state index contributed by atoms with van der Waals surface area (Å²) in [5.41, 5.74) is 0.387. The number of ether oxygens (including phenoxy) is 1. The van der Waals surface area contributed by atoms with E-state index >= 15 is 0 Å². The molecule has 0 saturated carbocycles. The van der Waals surface area contributed by atoms with Gasteiger partial charge in [0.1, 0.15) is 6.61 Å². The fourth-order valence-electron chi connectivity index (χ4n) is 1.31. The first-order valence-electron chi connectivity index (χ1n) is 4.71. The average molecular weight is 213 g/mol. The predicted molar refractivity (Wildman–Crippen MR) is 58.3 cm³/mol. The van der Waals surface area contributed by atoms with Gasteiger partial charge in [-0.2, -0.15) is 0 Å². The van der Waals surface area contributed by atoms with Crippen molar-refractivity contribution in [1.82, 2.24) is 4.90 Å². The van der Waals surface area contributed by atoms with Crippen LogP contribution in [-0.2, 0) is 14.3 Å². The molecule has 0 atom stereocenters. The van der Waals surface area contributed by atoms with Crippen molar-refractivity contribution >= 4 is 11.9 Å². The fraction of sp³-hybridized carbons (Fsp3) is 0.636. The number of amides is 1. The lowest BCUT2D eigenvalue weighted by Crippen LogP contribution is -2.29. The predicted octanol–water partition coefficient (Wildman–Crippen LogP) is 1.36. The van der Waals surface area contributed by atoms with Crippen LogP contribution in [0.25, 0.3) is 0 Å². The molecule has 0 aromatic carbocycles. The van der Waals surface area contributed by atoms with Crippen LogP contribution in [0.4, 0.5) is 0 Å². The van der Waals surface area contributed by atoms with Crippen molar-refractivity contribution in [3.8, 4) is 0 Å². The minimum atomic E-state index is -0.392. The van der Waals surface area contributed by atoms with Crippen molar-refractivity contribution in [2.45, 2.75) is 27.2 Å². The van der Waals surface area contributed by atoms with Gasteiger partial charge in [-0.3, -0.25) is 4.79 Å². The number of esters is 1. The van der Waals surface area contributed by atoms with Gasteiger partial charge in [-0.1, -0.05) is 14.0 Å². The Balaban J connectivity index is 0.00000196. The lowest BCUT2D eigenvalue weighted by atomic mass is 10.4. The molecule has 0 radical (unpaired) electrons. The van der Waals surface area contributed by atoms with E-state index in [-0.39, 0.29) is 19.9 Å². The maximum atomic E-state index is 11.2. The minimum Gasteiger partial charge on any atom is -0.460 e. The van der Waals surface area contributed by atoms with E-state index in [1.54, 1.807) is 11.8 Å². The monoisotopic (exact) mass is 213 g/mol. The fourth-order valence-corrected chi connectivity index (χ4v) is 1.31.